The molecule has 5 heteroatoms. The number of nitrogens with zero attached hydrogens (tertiary/aromatic N) is 1. The zero-order valence-corrected chi connectivity index (χ0v) is 7.93. The molecule has 1 aliphatic rings. The summed E-state index contributed by atoms with van der Waals surface area (Å²) in [5.74, 6) is 0. The Morgan fingerprint density at radius 3 is 2.55 bits per heavy atom. The first-order valence-electron chi connectivity index (χ1n) is 3.98. The molecule has 0 bridgehead atoms. The van der Waals surface area contributed by atoms with E-state index < -0.39 is 7.67 Å². The maximum atomic E-state index is 11.8. The van der Waals surface area contributed by atoms with Crippen molar-refractivity contribution in [3.8, 4) is 0 Å². The van der Waals surface area contributed by atoms with Gasteiger partial charge in [-0.25, -0.2) is 9.76 Å². The van der Waals surface area contributed by atoms with E-state index in [9.17, 15) is 4.57 Å². The van der Waals surface area contributed by atoms with Crippen molar-refractivity contribution in [1.29, 1.82) is 0 Å². The van der Waals surface area contributed by atoms with Crippen LogP contribution in [0, 0.1) is 0 Å². The van der Waals surface area contributed by atoms with E-state index in [4.69, 9.17) is 4.52 Å². The van der Waals surface area contributed by atoms with Crippen molar-refractivity contribution in [2.75, 3.05) is 26.2 Å². The van der Waals surface area contributed by atoms with E-state index in [2.05, 4.69) is 5.09 Å². The zero-order valence-electron chi connectivity index (χ0n) is 7.04. The molecule has 0 aromatic carbocycles. The van der Waals surface area contributed by atoms with Crippen molar-refractivity contribution in [2.24, 2.45) is 0 Å². The molecule has 0 spiro atoms. The molecule has 1 saturated heterocycles. The van der Waals surface area contributed by atoms with Gasteiger partial charge in [-0.1, -0.05) is 13.8 Å². The van der Waals surface area contributed by atoms with Crippen molar-refractivity contribution in [3.63, 3.8) is 0 Å². The summed E-state index contributed by atoms with van der Waals surface area (Å²) in [6.45, 7) is 6.75. The minimum Gasteiger partial charge on any atom is -0.305 e. The molecule has 11 heavy (non-hydrogen) atoms. The molecule has 0 amide bonds. The highest BCUT2D eigenvalue weighted by Gasteiger charge is 2.33. The first kappa shape index (κ1) is 9.20. The van der Waals surface area contributed by atoms with Crippen LogP contribution in [-0.4, -0.2) is 30.9 Å². The Morgan fingerprint density at radius 1 is 1.55 bits per heavy atom. The molecular formula is C6H15N2O2P. The molecule has 4 nitrogen and oxygen atoms in total. The van der Waals surface area contributed by atoms with Crippen LogP contribution in [0.2, 0.25) is 0 Å². The fourth-order valence-corrected chi connectivity index (χ4v) is 3.09. The van der Waals surface area contributed by atoms with Crippen LogP contribution in [0.25, 0.3) is 0 Å². The van der Waals surface area contributed by atoms with Gasteiger partial charge < -0.3 is 4.52 Å². The minimum atomic E-state index is -2.60. The highest BCUT2D eigenvalue weighted by atomic mass is 31.2. The fraction of sp³-hybridized carbons (Fsp3) is 1.00. The third-order valence-electron chi connectivity index (χ3n) is 1.78. The van der Waals surface area contributed by atoms with Gasteiger partial charge in [-0.3, -0.25) is 4.57 Å². The molecule has 66 valence electrons. The molecule has 1 unspecified atom stereocenters. The first-order valence-corrected chi connectivity index (χ1v) is 5.56. The molecule has 1 heterocycles. The van der Waals surface area contributed by atoms with E-state index in [-0.39, 0.29) is 0 Å². The highest BCUT2D eigenvalue weighted by Crippen LogP contribution is 2.48. The summed E-state index contributed by atoms with van der Waals surface area (Å²) >= 11 is 0. The summed E-state index contributed by atoms with van der Waals surface area (Å²) in [6, 6.07) is 0. The lowest BCUT2D eigenvalue weighted by molar-refractivity contribution is 0.302. The van der Waals surface area contributed by atoms with Gasteiger partial charge in [0, 0.05) is 19.6 Å². The Labute approximate surface area is 67.5 Å². The third kappa shape index (κ3) is 1.82. The van der Waals surface area contributed by atoms with Crippen molar-refractivity contribution in [2.45, 2.75) is 13.8 Å². The standard InChI is InChI=1S/C6H15N2O2P/c1-3-8(4-2)11(9)7-5-6-10-11/h3-6H2,1-2H3,(H,7,9). The minimum absolute atomic E-state index is 0.563. The van der Waals surface area contributed by atoms with Crippen LogP contribution >= 0.6 is 7.67 Å². The monoisotopic (exact) mass is 178 g/mol. The van der Waals surface area contributed by atoms with E-state index in [1.165, 1.54) is 0 Å². The predicted octanol–water partition coefficient (Wildman–Crippen LogP) is 1.06. The lowest BCUT2D eigenvalue weighted by Gasteiger charge is -2.23. The highest BCUT2D eigenvalue weighted by molar-refractivity contribution is 7.54. The number of hydrogen-bond acceptors (Lipinski definition) is 2. The van der Waals surface area contributed by atoms with Gasteiger partial charge in [-0.2, -0.15) is 0 Å². The van der Waals surface area contributed by atoms with Gasteiger partial charge in [-0.15, -0.1) is 0 Å². The summed E-state index contributed by atoms with van der Waals surface area (Å²) in [5.41, 5.74) is 0. The van der Waals surface area contributed by atoms with Gasteiger partial charge in [0.05, 0.1) is 6.61 Å². The summed E-state index contributed by atoms with van der Waals surface area (Å²) < 4.78 is 18.8. The van der Waals surface area contributed by atoms with E-state index in [1.807, 2.05) is 18.5 Å². The van der Waals surface area contributed by atoms with Gasteiger partial charge in [0.2, 0.25) is 0 Å². The lowest BCUT2D eigenvalue weighted by atomic mass is 10.7. The van der Waals surface area contributed by atoms with Crippen LogP contribution < -0.4 is 5.09 Å². The predicted molar refractivity (Wildman–Crippen MR) is 44.5 cm³/mol. The number of hydrogen-bond donors (Lipinski definition) is 1. The Morgan fingerprint density at radius 2 is 2.18 bits per heavy atom. The molecule has 0 aliphatic carbocycles. The molecule has 1 rings (SSSR count). The van der Waals surface area contributed by atoms with Crippen LogP contribution in [0.1, 0.15) is 13.8 Å². The zero-order chi connectivity index (χ0) is 8.32. The smallest absolute Gasteiger partial charge is 0.305 e. The molecular weight excluding hydrogens is 163 g/mol. The van der Waals surface area contributed by atoms with Gasteiger partial charge in [-0.05, 0) is 0 Å². The maximum absolute atomic E-state index is 11.8. The third-order valence-corrected chi connectivity index (χ3v) is 4.25. The summed E-state index contributed by atoms with van der Waals surface area (Å²) in [6.07, 6.45) is 0. The van der Waals surface area contributed by atoms with E-state index in [1.54, 1.807) is 0 Å². The van der Waals surface area contributed by atoms with Crippen molar-refractivity contribution >= 4 is 7.67 Å². The van der Waals surface area contributed by atoms with Crippen LogP contribution in [0.3, 0.4) is 0 Å². The van der Waals surface area contributed by atoms with E-state index in [0.29, 0.717) is 13.2 Å². The Hall–Kier alpha value is 0.110. The van der Waals surface area contributed by atoms with Crippen molar-refractivity contribution in [3.05, 3.63) is 0 Å². The largest absolute Gasteiger partial charge is 0.343 e. The topological polar surface area (TPSA) is 41.6 Å². The summed E-state index contributed by atoms with van der Waals surface area (Å²) in [5, 5.41) is 2.89. The Bertz CT molecular complexity index is 160. The van der Waals surface area contributed by atoms with E-state index in [0.717, 1.165) is 13.1 Å². The average Bonchev–Trinajstić information content (AvgIpc) is 2.39. The van der Waals surface area contributed by atoms with Crippen LogP contribution in [0.15, 0.2) is 0 Å². The molecule has 1 fully saturated rings. The number of nitrogens with one attached hydrogen (secondary N) is 1. The summed E-state index contributed by atoms with van der Waals surface area (Å²) in [4.78, 5) is 0. The number of rotatable bonds is 3. The van der Waals surface area contributed by atoms with Gasteiger partial charge in [0.1, 0.15) is 0 Å². The second-order valence-corrected chi connectivity index (χ2v) is 4.58. The van der Waals surface area contributed by atoms with Crippen LogP contribution in [-0.2, 0) is 9.09 Å². The molecule has 0 aromatic heterocycles. The van der Waals surface area contributed by atoms with E-state index >= 15 is 0 Å². The van der Waals surface area contributed by atoms with Gasteiger partial charge >= 0.3 is 7.67 Å². The first-order chi connectivity index (χ1) is 5.23. The van der Waals surface area contributed by atoms with Crippen LogP contribution in [0.4, 0.5) is 0 Å². The average molecular weight is 178 g/mol. The second-order valence-electron chi connectivity index (χ2n) is 2.40. The Kier molecular flexibility index (Phi) is 3.07. The van der Waals surface area contributed by atoms with Gasteiger partial charge in [0.15, 0.2) is 0 Å². The molecule has 0 aromatic rings. The van der Waals surface area contributed by atoms with Crippen molar-refractivity contribution in [1.82, 2.24) is 9.76 Å². The lowest BCUT2D eigenvalue weighted by Crippen LogP contribution is -2.24. The molecule has 0 radical (unpaired) electrons. The quantitative estimate of drug-likeness (QED) is 0.656. The Balaban J connectivity index is 2.61. The second kappa shape index (κ2) is 3.68. The van der Waals surface area contributed by atoms with Crippen LogP contribution in [0.5, 0.6) is 0 Å². The molecule has 0 saturated carbocycles. The fourth-order valence-electron chi connectivity index (χ4n) is 1.18. The molecule has 1 N–H and O–H groups in total. The normalized spacial score (nSPS) is 31.5. The maximum Gasteiger partial charge on any atom is 0.343 e. The SMILES string of the molecule is CCN(CC)P1(=O)NCCO1. The van der Waals surface area contributed by atoms with Gasteiger partial charge in [0.25, 0.3) is 0 Å². The van der Waals surface area contributed by atoms with Crippen molar-refractivity contribution < 1.29 is 9.09 Å². The summed E-state index contributed by atoms with van der Waals surface area (Å²) in [7, 11) is -2.60. The molecule has 1 aliphatic heterocycles. The molecule has 1 atom stereocenters.